The fourth-order valence-corrected chi connectivity index (χ4v) is 6.07. The minimum absolute atomic E-state index is 0.206. The molecule has 0 amide bonds. The minimum atomic E-state index is -2.82. The zero-order chi connectivity index (χ0) is 17.9. The molecule has 0 radical (unpaired) electrons. The highest BCUT2D eigenvalue weighted by atomic mass is 32.2. The van der Waals surface area contributed by atoms with Gasteiger partial charge in [-0.2, -0.15) is 0 Å². The number of likely N-dealkylation sites (tertiary alicyclic amines) is 1. The molecule has 2 aliphatic rings. The molecule has 3 heterocycles. The van der Waals surface area contributed by atoms with Crippen LogP contribution in [0.3, 0.4) is 0 Å². The van der Waals surface area contributed by atoms with Crippen LogP contribution in [0.2, 0.25) is 0 Å². The Labute approximate surface area is 155 Å². The van der Waals surface area contributed by atoms with Gasteiger partial charge < -0.3 is 10.2 Å². The largest absolute Gasteiger partial charge is 0.356 e. The molecule has 5 nitrogen and oxygen atoms in total. The highest BCUT2D eigenvalue weighted by Gasteiger charge is 2.34. The van der Waals surface area contributed by atoms with Gasteiger partial charge in [0.2, 0.25) is 0 Å². The van der Waals surface area contributed by atoms with Crippen molar-refractivity contribution < 1.29 is 8.42 Å². The van der Waals surface area contributed by atoms with Crippen LogP contribution in [0.1, 0.15) is 38.0 Å². The number of sulfone groups is 1. The molecule has 1 N–H and O–H groups in total. The number of hydrogen-bond donors (Lipinski definition) is 1. The number of thiophene rings is 1. The summed E-state index contributed by atoms with van der Waals surface area (Å²) in [5, 5.41) is 5.56. The van der Waals surface area contributed by atoms with Crippen LogP contribution in [0.25, 0.3) is 0 Å². The monoisotopic (exact) mass is 383 g/mol. The quantitative estimate of drug-likeness (QED) is 0.627. The highest BCUT2D eigenvalue weighted by Crippen LogP contribution is 2.33. The highest BCUT2D eigenvalue weighted by molar-refractivity contribution is 7.91. The van der Waals surface area contributed by atoms with Gasteiger partial charge in [-0.25, -0.2) is 13.4 Å². The lowest BCUT2D eigenvalue weighted by Gasteiger charge is -2.26. The van der Waals surface area contributed by atoms with Gasteiger partial charge in [0.05, 0.1) is 18.1 Å². The fourth-order valence-electron chi connectivity index (χ4n) is 3.58. The van der Waals surface area contributed by atoms with E-state index in [0.717, 1.165) is 25.5 Å². The van der Waals surface area contributed by atoms with E-state index in [-0.39, 0.29) is 5.92 Å². The topological polar surface area (TPSA) is 61.8 Å². The van der Waals surface area contributed by atoms with Crippen molar-refractivity contribution in [1.29, 1.82) is 0 Å². The zero-order valence-corrected chi connectivity index (χ0v) is 16.8. The lowest BCUT2D eigenvalue weighted by molar-refractivity contribution is 0.321. The smallest absolute Gasteiger partial charge is 0.194 e. The second kappa shape index (κ2) is 7.66. The summed E-state index contributed by atoms with van der Waals surface area (Å²) in [5.74, 6) is 1.79. The number of rotatable bonds is 5. The third-order valence-electron chi connectivity index (χ3n) is 5.55. The standard InChI is InChI=1S/C18H29N3O2S2/c1-3-18(2)7-8-21(14-18)17(20-12-16-5-4-9-24-16)19-11-15-6-10-25(22,23)13-15/h4-5,9,15H,3,6-8,10-14H2,1-2H3,(H,19,20). The van der Waals surface area contributed by atoms with E-state index in [1.807, 2.05) is 0 Å². The summed E-state index contributed by atoms with van der Waals surface area (Å²) in [6, 6.07) is 4.16. The molecule has 140 valence electrons. The molecular weight excluding hydrogens is 354 g/mol. The molecule has 2 unspecified atom stereocenters. The molecule has 0 spiro atoms. The predicted octanol–water partition coefficient (Wildman–Crippen LogP) is 2.75. The van der Waals surface area contributed by atoms with Gasteiger partial charge in [0, 0.05) is 24.5 Å². The van der Waals surface area contributed by atoms with Gasteiger partial charge in [-0.15, -0.1) is 11.3 Å². The first kappa shape index (κ1) is 18.7. The molecule has 0 saturated carbocycles. The van der Waals surface area contributed by atoms with Gasteiger partial charge in [-0.3, -0.25) is 0 Å². The van der Waals surface area contributed by atoms with E-state index in [2.05, 4.69) is 41.6 Å². The maximum absolute atomic E-state index is 11.7. The summed E-state index contributed by atoms with van der Waals surface area (Å²) in [6.45, 7) is 8.01. The first-order valence-corrected chi connectivity index (χ1v) is 11.9. The summed E-state index contributed by atoms with van der Waals surface area (Å²) < 4.78 is 23.4. The van der Waals surface area contributed by atoms with Crippen LogP contribution in [0.4, 0.5) is 0 Å². The van der Waals surface area contributed by atoms with Crippen molar-refractivity contribution in [2.75, 3.05) is 31.1 Å². The summed E-state index contributed by atoms with van der Waals surface area (Å²) in [5.41, 5.74) is 0.349. The van der Waals surface area contributed by atoms with Crippen molar-refractivity contribution in [3.63, 3.8) is 0 Å². The zero-order valence-electron chi connectivity index (χ0n) is 15.2. The maximum Gasteiger partial charge on any atom is 0.194 e. The lowest BCUT2D eigenvalue weighted by atomic mass is 9.87. The van der Waals surface area contributed by atoms with Gasteiger partial charge in [0.1, 0.15) is 0 Å². The normalized spacial score (nSPS) is 29.3. The van der Waals surface area contributed by atoms with Crippen molar-refractivity contribution in [2.24, 2.45) is 16.3 Å². The molecule has 7 heteroatoms. The van der Waals surface area contributed by atoms with Crippen molar-refractivity contribution in [2.45, 2.75) is 39.7 Å². The molecule has 25 heavy (non-hydrogen) atoms. The van der Waals surface area contributed by atoms with Crippen LogP contribution in [0.15, 0.2) is 22.5 Å². The Morgan fingerprint density at radius 3 is 2.96 bits per heavy atom. The number of nitrogens with one attached hydrogen (secondary N) is 1. The van der Waals surface area contributed by atoms with Gasteiger partial charge >= 0.3 is 0 Å². The fraction of sp³-hybridized carbons (Fsp3) is 0.722. The van der Waals surface area contributed by atoms with E-state index in [4.69, 9.17) is 4.99 Å². The Hall–Kier alpha value is -1.08. The lowest BCUT2D eigenvalue weighted by Crippen LogP contribution is -2.43. The average molecular weight is 384 g/mol. The Morgan fingerprint density at radius 1 is 1.52 bits per heavy atom. The van der Waals surface area contributed by atoms with E-state index in [0.29, 0.717) is 30.0 Å². The third-order valence-corrected chi connectivity index (χ3v) is 8.25. The molecule has 0 aromatic carbocycles. The van der Waals surface area contributed by atoms with E-state index < -0.39 is 9.84 Å². The molecule has 1 aromatic rings. The van der Waals surface area contributed by atoms with Gasteiger partial charge in [0.25, 0.3) is 0 Å². The number of hydrogen-bond acceptors (Lipinski definition) is 4. The van der Waals surface area contributed by atoms with Gasteiger partial charge in [-0.05, 0) is 42.0 Å². The van der Waals surface area contributed by atoms with Crippen LogP contribution < -0.4 is 5.32 Å². The number of aliphatic imine (C=N–C) groups is 1. The molecule has 0 bridgehead atoms. The molecule has 0 aliphatic carbocycles. The summed E-state index contributed by atoms with van der Waals surface area (Å²) in [6.07, 6.45) is 3.11. The predicted molar refractivity (Wildman–Crippen MR) is 105 cm³/mol. The SMILES string of the molecule is CCC1(C)CCN(C(=NCc2cccs2)NCC2CCS(=O)(=O)C2)C1. The van der Waals surface area contributed by atoms with Crippen LogP contribution in [-0.4, -0.2) is 50.4 Å². The van der Waals surface area contributed by atoms with Gasteiger partial charge in [-0.1, -0.05) is 19.9 Å². The van der Waals surface area contributed by atoms with E-state index >= 15 is 0 Å². The third kappa shape index (κ3) is 4.97. The summed E-state index contributed by atoms with van der Waals surface area (Å²) in [4.78, 5) is 8.44. The van der Waals surface area contributed by atoms with Crippen LogP contribution >= 0.6 is 11.3 Å². The molecule has 2 atom stereocenters. The minimum Gasteiger partial charge on any atom is -0.356 e. The molecule has 2 aliphatic heterocycles. The molecular formula is C18H29N3O2S2. The van der Waals surface area contributed by atoms with Gasteiger partial charge in [0.15, 0.2) is 15.8 Å². The van der Waals surface area contributed by atoms with E-state index in [9.17, 15) is 8.42 Å². The number of guanidine groups is 1. The molecule has 3 rings (SSSR count). The van der Waals surface area contributed by atoms with E-state index in [1.54, 1.807) is 11.3 Å². The first-order valence-electron chi connectivity index (χ1n) is 9.15. The second-order valence-corrected chi connectivity index (χ2v) is 11.0. The van der Waals surface area contributed by atoms with Crippen LogP contribution in [-0.2, 0) is 16.4 Å². The Morgan fingerprint density at radius 2 is 2.36 bits per heavy atom. The Kier molecular flexibility index (Phi) is 5.73. The second-order valence-electron chi connectivity index (χ2n) is 7.70. The van der Waals surface area contributed by atoms with Crippen LogP contribution in [0.5, 0.6) is 0 Å². The number of nitrogens with zero attached hydrogens (tertiary/aromatic N) is 2. The first-order chi connectivity index (χ1) is 11.9. The maximum atomic E-state index is 11.7. The molecule has 2 saturated heterocycles. The Balaban J connectivity index is 1.65. The van der Waals surface area contributed by atoms with Crippen molar-refractivity contribution in [1.82, 2.24) is 10.2 Å². The summed E-state index contributed by atoms with van der Waals surface area (Å²) in [7, 11) is -2.82. The van der Waals surface area contributed by atoms with Crippen molar-refractivity contribution in [3.05, 3.63) is 22.4 Å². The summed E-state index contributed by atoms with van der Waals surface area (Å²) >= 11 is 1.72. The van der Waals surface area contributed by atoms with Crippen LogP contribution in [0, 0.1) is 11.3 Å². The van der Waals surface area contributed by atoms with Crippen molar-refractivity contribution >= 4 is 27.1 Å². The average Bonchev–Trinajstić information content (AvgIpc) is 3.29. The van der Waals surface area contributed by atoms with Crippen molar-refractivity contribution in [3.8, 4) is 0 Å². The van der Waals surface area contributed by atoms with E-state index in [1.165, 1.54) is 17.7 Å². The molecule has 2 fully saturated rings. The molecule has 1 aromatic heterocycles. The Bertz CT molecular complexity index is 700.